The van der Waals surface area contributed by atoms with Crippen LogP contribution in [0.15, 0.2) is 23.9 Å². The standard InChI is InChI=1S/C42H54N6O13/c1-40(16-30(43)50)22(5-9-33(54)55)27-15-42-41(2,17-31(51)48-42)23(6-10-34(56)57)26(47-42)13-24-20(11-35(58)59)19(4-8-32(52)53)39(45-24)37-28(49)7-3-18-21(12-36(60)61)25(46-38(18)37)14-29(40)44-27/h3,7,13,19-20,22-23,26-27,29,39,44-47,49H,4-6,8-12,14-17H2,1-2H3,(H2,43,50)(H,48,51)(H,52,53)(H,54,55)(H,56,57)(H,58,59)(H,60,61)/b24-13-/t19-,20-,22+,23+,26-,27+,29+,39?,40-,41-,42-/m0/s1. The Hall–Kier alpha value is -5.69. The SMILES string of the molecule is C[C@]1(CC(N)=O)[C@H](CCC(=O)O)[C@H]2C[C@]34NC(=O)C[C@@]3(C)[C@H](CCC(=O)O)[C@H](/C=C3\NC(c5c(O)ccc6c(CC(=O)O)c([nH]c56)C[C@H]1N2)[C@@H](CCC(=O)O)[C@@H]3CC(=O)O)N4. The van der Waals surface area contributed by atoms with Crippen LogP contribution < -0.4 is 27.0 Å². The number of allylic oxidation sites excluding steroid dienone is 1. The van der Waals surface area contributed by atoms with Gasteiger partial charge in [-0.05, 0) is 66.2 Å². The molecule has 1 aromatic carbocycles. The lowest BCUT2D eigenvalue weighted by atomic mass is 9.63. The summed E-state index contributed by atoms with van der Waals surface area (Å²) in [6, 6.07) is 0.192. The number of rotatable bonds is 15. The zero-order valence-electron chi connectivity index (χ0n) is 34.0. The van der Waals surface area contributed by atoms with Crippen molar-refractivity contribution in [1.82, 2.24) is 26.3 Å². The predicted octanol–water partition coefficient (Wildman–Crippen LogP) is 1.93. The number of amides is 2. The summed E-state index contributed by atoms with van der Waals surface area (Å²) in [6.45, 7) is 3.74. The molecule has 2 aromatic rings. The average molecular weight is 851 g/mol. The van der Waals surface area contributed by atoms with Crippen molar-refractivity contribution in [2.24, 2.45) is 40.2 Å². The number of hydrogen-bond donors (Lipinski definition) is 12. The van der Waals surface area contributed by atoms with Gasteiger partial charge in [0.2, 0.25) is 11.8 Å². The number of phenolic OH excluding ortho intramolecular Hbond substituents is 1. The summed E-state index contributed by atoms with van der Waals surface area (Å²) in [7, 11) is 0. The van der Waals surface area contributed by atoms with Gasteiger partial charge < -0.3 is 57.3 Å². The van der Waals surface area contributed by atoms with E-state index in [1.165, 1.54) is 6.07 Å². The Morgan fingerprint density at radius 1 is 0.869 bits per heavy atom. The van der Waals surface area contributed by atoms with E-state index in [2.05, 4.69) is 26.3 Å². The van der Waals surface area contributed by atoms with Crippen LogP contribution in [-0.4, -0.2) is 101 Å². The van der Waals surface area contributed by atoms with E-state index in [4.69, 9.17) is 5.73 Å². The number of H-pyrrole nitrogens is 1. The lowest BCUT2D eigenvalue weighted by molar-refractivity contribution is -0.139. The second kappa shape index (κ2) is 16.0. The highest BCUT2D eigenvalue weighted by molar-refractivity contribution is 5.92. The molecule has 2 amide bonds. The molecule has 7 rings (SSSR count). The van der Waals surface area contributed by atoms with E-state index in [9.17, 15) is 64.2 Å². The number of carbonyl (C=O) groups excluding carboxylic acids is 2. The van der Waals surface area contributed by atoms with E-state index in [1.807, 2.05) is 13.8 Å². The number of carboxylic acid groups (broad SMARTS) is 5. The molecule has 330 valence electrons. The highest BCUT2D eigenvalue weighted by Crippen LogP contribution is 2.58. The lowest BCUT2D eigenvalue weighted by Crippen LogP contribution is -2.61. The van der Waals surface area contributed by atoms with Gasteiger partial charge in [-0.15, -0.1) is 0 Å². The first-order valence-electron chi connectivity index (χ1n) is 20.7. The number of phenols is 1. The number of aliphatic carboxylic acids is 5. The summed E-state index contributed by atoms with van der Waals surface area (Å²) in [4.78, 5) is 91.4. The Morgan fingerprint density at radius 3 is 2.15 bits per heavy atom. The Morgan fingerprint density at radius 2 is 1.52 bits per heavy atom. The van der Waals surface area contributed by atoms with Crippen LogP contribution in [0, 0.1) is 34.5 Å². The van der Waals surface area contributed by atoms with Crippen molar-refractivity contribution in [1.29, 1.82) is 0 Å². The molecule has 13 N–H and O–H groups in total. The Labute approximate surface area is 349 Å². The number of benzene rings is 1. The number of aromatic amines is 1. The molecule has 4 saturated heterocycles. The maximum Gasteiger partial charge on any atom is 0.307 e. The van der Waals surface area contributed by atoms with Crippen LogP contribution in [-0.2, 0) is 46.4 Å². The molecule has 4 fully saturated rings. The van der Waals surface area contributed by atoms with Crippen molar-refractivity contribution in [2.45, 2.75) is 121 Å². The Bertz CT molecular complexity index is 2220. The van der Waals surface area contributed by atoms with Crippen LogP contribution >= 0.6 is 0 Å². The molecule has 0 radical (unpaired) electrons. The van der Waals surface area contributed by atoms with Gasteiger partial charge in [-0.25, -0.2) is 0 Å². The normalized spacial score (nSPS) is 34.7. The van der Waals surface area contributed by atoms with Crippen LogP contribution in [0.4, 0.5) is 0 Å². The molecular formula is C42H54N6O13. The third kappa shape index (κ3) is 7.77. The van der Waals surface area contributed by atoms with Gasteiger partial charge in [0.05, 0.1) is 30.1 Å². The largest absolute Gasteiger partial charge is 0.508 e. The molecule has 0 aliphatic carbocycles. The van der Waals surface area contributed by atoms with Gasteiger partial charge in [-0.1, -0.05) is 13.8 Å². The quantitative estimate of drug-likeness (QED) is 0.122. The zero-order chi connectivity index (χ0) is 44.3. The molecule has 1 aromatic heterocycles. The molecule has 6 heterocycles. The fourth-order valence-corrected chi connectivity index (χ4v) is 12.2. The highest BCUT2D eigenvalue weighted by Gasteiger charge is 2.67. The number of nitrogens with one attached hydrogen (secondary N) is 5. The van der Waals surface area contributed by atoms with E-state index in [0.29, 0.717) is 27.9 Å². The van der Waals surface area contributed by atoms with Crippen molar-refractivity contribution in [3.8, 4) is 5.75 Å². The molecular weight excluding hydrogens is 796 g/mol. The van der Waals surface area contributed by atoms with Crippen LogP contribution in [0.3, 0.4) is 0 Å². The highest BCUT2D eigenvalue weighted by atomic mass is 16.4. The Kier molecular flexibility index (Phi) is 11.4. The average Bonchev–Trinajstić information content (AvgIpc) is 3.83. The molecule has 61 heavy (non-hydrogen) atoms. The first kappa shape index (κ1) is 43.4. The van der Waals surface area contributed by atoms with Crippen molar-refractivity contribution in [2.75, 3.05) is 0 Å². The third-order valence-electron chi connectivity index (χ3n) is 14.8. The van der Waals surface area contributed by atoms with Gasteiger partial charge >= 0.3 is 29.8 Å². The smallest absolute Gasteiger partial charge is 0.307 e. The van der Waals surface area contributed by atoms with Gasteiger partial charge in [0.1, 0.15) is 5.75 Å². The van der Waals surface area contributed by atoms with E-state index < -0.39 is 113 Å². The molecule has 5 aliphatic heterocycles. The molecule has 1 spiro atoms. The molecule has 0 saturated carbocycles. The summed E-state index contributed by atoms with van der Waals surface area (Å²) in [6.07, 6.45) is 0.329. The minimum atomic E-state index is -1.24. The van der Waals surface area contributed by atoms with E-state index in [-0.39, 0.29) is 81.4 Å². The van der Waals surface area contributed by atoms with Crippen molar-refractivity contribution < 1.29 is 64.2 Å². The van der Waals surface area contributed by atoms with E-state index in [0.717, 1.165) is 0 Å². The second-order valence-corrected chi connectivity index (χ2v) is 18.3. The predicted molar refractivity (Wildman–Crippen MR) is 214 cm³/mol. The summed E-state index contributed by atoms with van der Waals surface area (Å²) in [5.74, 6) is -9.36. The summed E-state index contributed by atoms with van der Waals surface area (Å²) in [5.41, 5.74) is 4.56. The molecule has 8 bridgehead atoms. The van der Waals surface area contributed by atoms with Crippen LogP contribution in [0.5, 0.6) is 5.75 Å². The van der Waals surface area contributed by atoms with Crippen molar-refractivity contribution >= 4 is 52.6 Å². The van der Waals surface area contributed by atoms with Crippen LogP contribution in [0.25, 0.3) is 10.9 Å². The number of aromatic hydroxyl groups is 1. The maximum atomic E-state index is 13.6. The fraction of sp³-hybridized carbons (Fsp3) is 0.595. The molecule has 19 heteroatoms. The van der Waals surface area contributed by atoms with Gasteiger partial charge in [-0.2, -0.15) is 0 Å². The number of carboxylic acids is 5. The first-order valence-corrected chi connectivity index (χ1v) is 20.7. The van der Waals surface area contributed by atoms with E-state index in [1.54, 1.807) is 12.1 Å². The zero-order valence-corrected chi connectivity index (χ0v) is 34.0. The molecule has 5 aliphatic rings. The molecule has 19 nitrogen and oxygen atoms in total. The number of nitrogens with two attached hydrogens (primary N) is 1. The first-order chi connectivity index (χ1) is 28.7. The fourth-order valence-electron chi connectivity index (χ4n) is 12.2. The molecule has 1 unspecified atom stereocenters. The summed E-state index contributed by atoms with van der Waals surface area (Å²) < 4.78 is 0. The minimum absolute atomic E-state index is 0.00627. The number of aromatic nitrogens is 1. The maximum absolute atomic E-state index is 13.6. The van der Waals surface area contributed by atoms with Crippen LogP contribution in [0.1, 0.15) is 101 Å². The van der Waals surface area contributed by atoms with Gasteiger partial charge in [0.25, 0.3) is 0 Å². The third-order valence-corrected chi connectivity index (χ3v) is 14.8. The summed E-state index contributed by atoms with van der Waals surface area (Å²) >= 11 is 0. The second-order valence-electron chi connectivity index (χ2n) is 18.3. The topological polar surface area (TPSA) is 331 Å². The monoisotopic (exact) mass is 850 g/mol. The number of carbonyl (C=O) groups is 7. The number of fused-ring (bicyclic) bond motifs is 7. The van der Waals surface area contributed by atoms with Gasteiger partial charge in [0, 0.05) is 96.7 Å². The van der Waals surface area contributed by atoms with E-state index >= 15 is 0 Å². The van der Waals surface area contributed by atoms with Crippen molar-refractivity contribution in [3.05, 3.63) is 40.7 Å². The minimum Gasteiger partial charge on any atom is -0.508 e. The van der Waals surface area contributed by atoms with Crippen LogP contribution in [0.2, 0.25) is 0 Å². The van der Waals surface area contributed by atoms with Gasteiger partial charge in [0.15, 0.2) is 0 Å². The summed E-state index contributed by atoms with van der Waals surface area (Å²) in [5, 5.41) is 76.3. The molecule has 11 atom stereocenters. The number of primary amides is 1. The van der Waals surface area contributed by atoms with Gasteiger partial charge in [-0.3, -0.25) is 38.9 Å². The lowest BCUT2D eigenvalue weighted by Gasteiger charge is -2.43. The Balaban J connectivity index is 1.52. The van der Waals surface area contributed by atoms with Crippen molar-refractivity contribution in [3.63, 3.8) is 0 Å². The number of hydrogen-bond acceptors (Lipinski definition) is 11.